The van der Waals surface area contributed by atoms with E-state index in [-0.39, 0.29) is 13.0 Å². The van der Waals surface area contributed by atoms with Crippen LogP contribution in [0.3, 0.4) is 0 Å². The fourth-order valence-electron chi connectivity index (χ4n) is 1.67. The van der Waals surface area contributed by atoms with Gasteiger partial charge in [-0.15, -0.1) is 0 Å². The zero-order valence-corrected chi connectivity index (χ0v) is 9.15. The summed E-state index contributed by atoms with van der Waals surface area (Å²) < 4.78 is 9.98. The average Bonchev–Trinajstić information content (AvgIpc) is 2.66. The third kappa shape index (κ3) is 3.03. The van der Waals surface area contributed by atoms with Crippen molar-refractivity contribution in [3.8, 4) is 0 Å². The minimum Gasteiger partial charge on any atom is -0.459 e. The number of esters is 1. The maximum absolute atomic E-state index is 11.6. The van der Waals surface area contributed by atoms with Gasteiger partial charge in [0.25, 0.3) is 0 Å². The number of hydrogen-bond donors (Lipinski definition) is 2. The van der Waals surface area contributed by atoms with E-state index in [0.717, 1.165) is 0 Å². The van der Waals surface area contributed by atoms with Gasteiger partial charge in [0.2, 0.25) is 0 Å². The molecule has 0 aliphatic carbocycles. The number of rotatable bonds is 3. The molecule has 3 atom stereocenters. The summed E-state index contributed by atoms with van der Waals surface area (Å²) in [4.78, 5) is 11.6. The van der Waals surface area contributed by atoms with E-state index in [1.165, 1.54) is 0 Å². The van der Waals surface area contributed by atoms with Gasteiger partial charge in [-0.1, -0.05) is 18.2 Å². The van der Waals surface area contributed by atoms with Gasteiger partial charge >= 0.3 is 5.97 Å². The van der Waals surface area contributed by atoms with E-state index in [4.69, 9.17) is 14.6 Å². The quantitative estimate of drug-likeness (QED) is 0.741. The maximum Gasteiger partial charge on any atom is 0.338 e. The Hall–Kier alpha value is -1.43. The summed E-state index contributed by atoms with van der Waals surface area (Å²) in [5.41, 5.74) is 0.445. The Balaban J connectivity index is 1.85. The minimum atomic E-state index is -0.981. The second-order valence-corrected chi connectivity index (χ2v) is 3.90. The van der Waals surface area contributed by atoms with Gasteiger partial charge in [-0.2, -0.15) is 0 Å². The summed E-state index contributed by atoms with van der Waals surface area (Å²) in [6.07, 6.45) is -2.29. The molecule has 1 aliphatic heterocycles. The van der Waals surface area contributed by atoms with Crippen molar-refractivity contribution in [2.24, 2.45) is 0 Å². The van der Waals surface area contributed by atoms with Gasteiger partial charge in [0, 0.05) is 6.42 Å². The van der Waals surface area contributed by atoms with E-state index in [1.54, 1.807) is 30.3 Å². The lowest BCUT2D eigenvalue weighted by Crippen LogP contribution is -2.28. The smallest absolute Gasteiger partial charge is 0.338 e. The monoisotopic (exact) mass is 238 g/mol. The molecule has 2 rings (SSSR count). The van der Waals surface area contributed by atoms with Crippen LogP contribution in [-0.2, 0) is 9.47 Å². The van der Waals surface area contributed by atoms with Crippen LogP contribution in [0.5, 0.6) is 0 Å². The van der Waals surface area contributed by atoms with Crippen LogP contribution in [0.2, 0.25) is 0 Å². The number of ether oxygens (including phenoxy) is 2. The molecule has 1 heterocycles. The zero-order chi connectivity index (χ0) is 12.3. The highest BCUT2D eigenvalue weighted by molar-refractivity contribution is 5.89. The first-order chi connectivity index (χ1) is 8.16. The predicted octanol–water partition coefficient (Wildman–Crippen LogP) is 0.312. The van der Waals surface area contributed by atoms with Crippen LogP contribution in [0, 0.1) is 0 Å². The topological polar surface area (TPSA) is 76.0 Å². The molecule has 1 aromatic carbocycles. The molecule has 0 aromatic heterocycles. The zero-order valence-electron chi connectivity index (χ0n) is 9.15. The molecule has 1 aliphatic rings. The molecule has 0 spiro atoms. The van der Waals surface area contributed by atoms with Crippen LogP contribution in [0.1, 0.15) is 16.8 Å². The highest BCUT2D eigenvalue weighted by Gasteiger charge is 2.33. The standard InChI is InChI=1S/C12H14O5/c13-9-6-11(14)17-10(9)7-16-12(15)8-4-2-1-3-5-8/h1-5,9-11,13-14H,6-7H2/t9-,10+,11?/m0/s1. The van der Waals surface area contributed by atoms with Crippen LogP contribution in [0.4, 0.5) is 0 Å². The largest absolute Gasteiger partial charge is 0.459 e. The first-order valence-corrected chi connectivity index (χ1v) is 5.40. The van der Waals surface area contributed by atoms with Crippen molar-refractivity contribution in [1.29, 1.82) is 0 Å². The van der Waals surface area contributed by atoms with Crippen LogP contribution in [-0.4, -0.2) is 41.3 Å². The third-order valence-corrected chi connectivity index (χ3v) is 2.59. The van der Waals surface area contributed by atoms with Crippen LogP contribution in [0.15, 0.2) is 30.3 Å². The minimum absolute atomic E-state index is 0.0635. The van der Waals surface area contributed by atoms with Crippen LogP contribution >= 0.6 is 0 Å². The molecule has 0 amide bonds. The van der Waals surface area contributed by atoms with E-state index in [2.05, 4.69) is 0 Å². The van der Waals surface area contributed by atoms with Crippen molar-refractivity contribution >= 4 is 5.97 Å². The Morgan fingerprint density at radius 1 is 1.35 bits per heavy atom. The first-order valence-electron chi connectivity index (χ1n) is 5.40. The van der Waals surface area contributed by atoms with Gasteiger partial charge in [0.05, 0.1) is 11.7 Å². The van der Waals surface area contributed by atoms with Gasteiger partial charge in [-0.05, 0) is 12.1 Å². The van der Waals surface area contributed by atoms with Gasteiger partial charge in [0.1, 0.15) is 12.7 Å². The Bertz CT molecular complexity index is 378. The van der Waals surface area contributed by atoms with E-state index >= 15 is 0 Å². The fraction of sp³-hybridized carbons (Fsp3) is 0.417. The molecule has 5 heteroatoms. The molecule has 1 aromatic rings. The molecule has 0 radical (unpaired) electrons. The Morgan fingerprint density at radius 3 is 2.65 bits per heavy atom. The second-order valence-electron chi connectivity index (χ2n) is 3.90. The summed E-state index contributed by atoms with van der Waals surface area (Å²) in [5.74, 6) is -0.470. The number of aliphatic hydroxyl groups excluding tert-OH is 2. The molecule has 92 valence electrons. The second kappa shape index (κ2) is 5.27. The molecule has 1 saturated heterocycles. The number of aliphatic hydroxyl groups is 2. The normalized spacial score (nSPS) is 28.0. The van der Waals surface area contributed by atoms with E-state index in [1.807, 2.05) is 0 Å². The molecule has 1 unspecified atom stereocenters. The molecule has 2 N–H and O–H groups in total. The average molecular weight is 238 g/mol. The lowest BCUT2D eigenvalue weighted by atomic mass is 10.2. The van der Waals surface area contributed by atoms with E-state index in [9.17, 15) is 9.90 Å². The van der Waals surface area contributed by atoms with Crippen molar-refractivity contribution in [1.82, 2.24) is 0 Å². The van der Waals surface area contributed by atoms with E-state index < -0.39 is 24.5 Å². The van der Waals surface area contributed by atoms with Crippen molar-refractivity contribution < 1.29 is 24.5 Å². The van der Waals surface area contributed by atoms with Crippen LogP contribution < -0.4 is 0 Å². The fourth-order valence-corrected chi connectivity index (χ4v) is 1.67. The highest BCUT2D eigenvalue weighted by Crippen LogP contribution is 2.19. The number of carbonyl (C=O) groups is 1. The number of carbonyl (C=O) groups excluding carboxylic acids is 1. The highest BCUT2D eigenvalue weighted by atomic mass is 16.6. The Morgan fingerprint density at radius 2 is 2.06 bits per heavy atom. The Kier molecular flexibility index (Phi) is 3.73. The van der Waals surface area contributed by atoms with Gasteiger partial charge in [-0.3, -0.25) is 0 Å². The number of hydrogen-bond acceptors (Lipinski definition) is 5. The van der Waals surface area contributed by atoms with Gasteiger partial charge in [-0.25, -0.2) is 4.79 Å². The summed E-state index contributed by atoms with van der Waals surface area (Å²) in [7, 11) is 0. The van der Waals surface area contributed by atoms with Crippen molar-refractivity contribution in [3.05, 3.63) is 35.9 Å². The van der Waals surface area contributed by atoms with Gasteiger partial charge < -0.3 is 19.7 Å². The third-order valence-electron chi connectivity index (χ3n) is 2.59. The summed E-state index contributed by atoms with van der Waals surface area (Å²) in [5, 5.41) is 18.6. The molecular weight excluding hydrogens is 224 g/mol. The first kappa shape index (κ1) is 12.0. The molecular formula is C12H14O5. The van der Waals surface area contributed by atoms with Crippen molar-refractivity contribution in [2.75, 3.05) is 6.61 Å². The molecule has 5 nitrogen and oxygen atoms in total. The molecule has 1 fully saturated rings. The maximum atomic E-state index is 11.6. The lowest BCUT2D eigenvalue weighted by Gasteiger charge is -2.13. The van der Waals surface area contributed by atoms with Crippen molar-refractivity contribution in [2.45, 2.75) is 24.9 Å². The summed E-state index contributed by atoms with van der Waals surface area (Å²) >= 11 is 0. The molecule has 0 bridgehead atoms. The molecule has 0 saturated carbocycles. The number of benzene rings is 1. The summed E-state index contributed by atoms with van der Waals surface area (Å²) in [6.45, 7) is -0.0635. The van der Waals surface area contributed by atoms with E-state index in [0.29, 0.717) is 5.56 Å². The predicted molar refractivity (Wildman–Crippen MR) is 58.2 cm³/mol. The van der Waals surface area contributed by atoms with Crippen LogP contribution in [0.25, 0.3) is 0 Å². The molecule has 17 heavy (non-hydrogen) atoms. The lowest BCUT2D eigenvalue weighted by molar-refractivity contribution is -0.109. The SMILES string of the molecule is O=C(OC[C@H]1OC(O)C[C@@H]1O)c1ccccc1. The summed E-state index contributed by atoms with van der Waals surface area (Å²) in [6, 6.07) is 8.56. The van der Waals surface area contributed by atoms with Crippen molar-refractivity contribution in [3.63, 3.8) is 0 Å². The van der Waals surface area contributed by atoms with Gasteiger partial charge in [0.15, 0.2) is 6.29 Å². The Labute approximate surface area is 98.6 Å².